The zero-order chi connectivity index (χ0) is 34.4. The van der Waals surface area contributed by atoms with Crippen LogP contribution in [0.15, 0.2) is 206 Å². The summed E-state index contributed by atoms with van der Waals surface area (Å²) < 4.78 is 2.37. The Morgan fingerprint density at radius 2 is 0.827 bits per heavy atom. The molecule has 1 aromatic heterocycles. The minimum Gasteiger partial charge on any atom is -0.310 e. The summed E-state index contributed by atoms with van der Waals surface area (Å²) in [6.07, 6.45) is 0. The Bertz CT molecular complexity index is 2830. The Balaban J connectivity index is 1.12. The third-order valence-corrected chi connectivity index (χ3v) is 10.4. The molecule has 10 rings (SSSR count). The molecule has 52 heavy (non-hydrogen) atoms. The van der Waals surface area contributed by atoms with Gasteiger partial charge in [0.25, 0.3) is 0 Å². The molecule has 0 bridgehead atoms. The van der Waals surface area contributed by atoms with Crippen molar-refractivity contribution in [2.75, 3.05) is 4.90 Å². The van der Waals surface area contributed by atoms with Crippen LogP contribution in [0.3, 0.4) is 0 Å². The van der Waals surface area contributed by atoms with E-state index < -0.39 is 0 Å². The van der Waals surface area contributed by atoms with Crippen LogP contribution in [0.1, 0.15) is 0 Å². The first-order valence-corrected chi connectivity index (χ1v) is 17.9. The Kier molecular flexibility index (Phi) is 7.18. The lowest BCUT2D eigenvalue weighted by molar-refractivity contribution is 1.17. The van der Waals surface area contributed by atoms with Gasteiger partial charge >= 0.3 is 0 Å². The Morgan fingerprint density at radius 1 is 0.327 bits per heavy atom. The maximum atomic E-state index is 2.39. The van der Waals surface area contributed by atoms with Gasteiger partial charge in [-0.1, -0.05) is 146 Å². The first kappa shape index (κ1) is 30.0. The smallest absolute Gasteiger partial charge is 0.0541 e. The van der Waals surface area contributed by atoms with Crippen molar-refractivity contribution >= 4 is 60.4 Å². The highest BCUT2D eigenvalue weighted by molar-refractivity contribution is 6.14. The van der Waals surface area contributed by atoms with Gasteiger partial charge in [-0.25, -0.2) is 0 Å². The molecule has 0 saturated heterocycles. The summed E-state index contributed by atoms with van der Waals surface area (Å²) in [5, 5.41) is 7.61. The zero-order valence-corrected chi connectivity index (χ0v) is 28.5. The Labute approximate surface area is 303 Å². The Hall–Kier alpha value is -6.90. The number of anilines is 3. The summed E-state index contributed by atoms with van der Waals surface area (Å²) in [6.45, 7) is 0. The summed E-state index contributed by atoms with van der Waals surface area (Å²) in [6, 6.07) is 74.6. The largest absolute Gasteiger partial charge is 0.310 e. The van der Waals surface area contributed by atoms with Gasteiger partial charge in [-0.2, -0.15) is 0 Å². The highest BCUT2D eigenvalue weighted by Gasteiger charge is 2.19. The van der Waals surface area contributed by atoms with Gasteiger partial charge in [0.1, 0.15) is 0 Å². The van der Waals surface area contributed by atoms with Crippen LogP contribution >= 0.6 is 0 Å². The van der Waals surface area contributed by atoms with Crippen LogP contribution in [-0.4, -0.2) is 4.57 Å². The first-order valence-electron chi connectivity index (χ1n) is 17.9. The van der Waals surface area contributed by atoms with Gasteiger partial charge in [-0.15, -0.1) is 0 Å². The lowest BCUT2D eigenvalue weighted by atomic mass is 9.93. The maximum Gasteiger partial charge on any atom is 0.0541 e. The van der Waals surface area contributed by atoms with Crippen LogP contribution in [0.25, 0.3) is 71.3 Å². The molecule has 0 N–H and O–H groups in total. The molecule has 0 spiro atoms. The number of rotatable bonds is 6. The lowest BCUT2D eigenvalue weighted by Crippen LogP contribution is -2.11. The molecule has 244 valence electrons. The number of aromatic nitrogens is 1. The third kappa shape index (κ3) is 4.96. The summed E-state index contributed by atoms with van der Waals surface area (Å²) in [7, 11) is 0. The van der Waals surface area contributed by atoms with Crippen molar-refractivity contribution in [3.8, 4) is 27.9 Å². The number of fused-ring (bicyclic) bond motifs is 6. The fraction of sp³-hybridized carbons (Fsp3) is 0. The molecular weight excluding hydrogens is 629 g/mol. The van der Waals surface area contributed by atoms with Crippen LogP contribution in [0.5, 0.6) is 0 Å². The molecule has 0 aliphatic rings. The SMILES string of the molecule is c1ccc(-c2ccccc2N(c2ccc(-c3cc4ccccc4c4ccccc34)cc2)c2ccc(-n3c4ccccc4c4ccccc43)cc2)cc1. The standard InChI is InChI=1S/C50H34N2/c1-2-14-35(15-3-1)42-18-8-11-23-48(42)51(39-30-32-40(33-31-39)52-49-24-12-9-21-45(49)46-22-10-13-25-50(46)52)38-28-26-36(27-29-38)47-34-37-16-4-5-17-41(37)43-19-6-7-20-44(43)47/h1-34H. The van der Waals surface area contributed by atoms with Crippen LogP contribution in [0.4, 0.5) is 17.1 Å². The van der Waals surface area contributed by atoms with Gasteiger partial charge in [0.05, 0.1) is 16.7 Å². The lowest BCUT2D eigenvalue weighted by Gasteiger charge is -2.28. The van der Waals surface area contributed by atoms with Gasteiger partial charge in [-0.3, -0.25) is 0 Å². The zero-order valence-electron chi connectivity index (χ0n) is 28.5. The molecule has 2 heteroatoms. The predicted octanol–water partition coefficient (Wildman–Crippen LogP) is 13.9. The molecule has 10 aromatic rings. The molecule has 0 saturated carbocycles. The van der Waals surface area contributed by atoms with E-state index in [1.165, 1.54) is 65.6 Å². The Morgan fingerprint density at radius 3 is 1.52 bits per heavy atom. The van der Waals surface area contributed by atoms with E-state index in [1.54, 1.807) is 0 Å². The first-order chi connectivity index (χ1) is 25.8. The van der Waals surface area contributed by atoms with Crippen LogP contribution in [0.2, 0.25) is 0 Å². The fourth-order valence-electron chi connectivity index (χ4n) is 7.99. The second-order valence-corrected chi connectivity index (χ2v) is 13.3. The average molecular weight is 663 g/mol. The van der Waals surface area contributed by atoms with Crippen molar-refractivity contribution in [3.63, 3.8) is 0 Å². The van der Waals surface area contributed by atoms with Crippen molar-refractivity contribution in [1.29, 1.82) is 0 Å². The molecule has 0 fully saturated rings. The van der Waals surface area contributed by atoms with Gasteiger partial charge in [0.15, 0.2) is 0 Å². The van der Waals surface area contributed by atoms with E-state index in [1.807, 2.05) is 0 Å². The van der Waals surface area contributed by atoms with Crippen molar-refractivity contribution in [2.45, 2.75) is 0 Å². The van der Waals surface area contributed by atoms with E-state index in [9.17, 15) is 0 Å². The van der Waals surface area contributed by atoms with E-state index >= 15 is 0 Å². The average Bonchev–Trinajstić information content (AvgIpc) is 3.56. The van der Waals surface area contributed by atoms with Crippen molar-refractivity contribution < 1.29 is 0 Å². The summed E-state index contributed by atoms with van der Waals surface area (Å²) >= 11 is 0. The van der Waals surface area contributed by atoms with E-state index in [-0.39, 0.29) is 0 Å². The van der Waals surface area contributed by atoms with Crippen molar-refractivity contribution in [3.05, 3.63) is 206 Å². The molecule has 0 aliphatic carbocycles. The quantitative estimate of drug-likeness (QED) is 0.161. The molecule has 1 heterocycles. The number of hydrogen-bond acceptors (Lipinski definition) is 1. The number of para-hydroxylation sites is 3. The minimum absolute atomic E-state index is 1.09. The summed E-state index contributed by atoms with van der Waals surface area (Å²) in [5.41, 5.74) is 11.7. The molecular formula is C50H34N2. The summed E-state index contributed by atoms with van der Waals surface area (Å²) in [4.78, 5) is 2.39. The highest BCUT2D eigenvalue weighted by atomic mass is 15.1. The van der Waals surface area contributed by atoms with Crippen LogP contribution in [0, 0.1) is 0 Å². The molecule has 0 aliphatic heterocycles. The fourth-order valence-corrected chi connectivity index (χ4v) is 7.99. The molecule has 0 atom stereocenters. The van der Waals surface area contributed by atoms with E-state index in [0.29, 0.717) is 0 Å². The van der Waals surface area contributed by atoms with Gasteiger partial charge in [-0.05, 0) is 98.9 Å². The van der Waals surface area contributed by atoms with E-state index in [2.05, 4.69) is 216 Å². The second-order valence-electron chi connectivity index (χ2n) is 13.3. The van der Waals surface area contributed by atoms with Gasteiger partial charge < -0.3 is 9.47 Å². The molecule has 0 amide bonds. The minimum atomic E-state index is 1.09. The monoisotopic (exact) mass is 662 g/mol. The molecule has 2 nitrogen and oxygen atoms in total. The summed E-state index contributed by atoms with van der Waals surface area (Å²) in [5.74, 6) is 0. The van der Waals surface area contributed by atoms with Crippen molar-refractivity contribution in [2.24, 2.45) is 0 Å². The topological polar surface area (TPSA) is 8.17 Å². The van der Waals surface area contributed by atoms with E-state index in [0.717, 1.165) is 22.7 Å². The van der Waals surface area contributed by atoms with Crippen LogP contribution in [-0.2, 0) is 0 Å². The molecule has 0 radical (unpaired) electrons. The highest BCUT2D eigenvalue weighted by Crippen LogP contribution is 2.43. The van der Waals surface area contributed by atoms with Crippen LogP contribution < -0.4 is 4.90 Å². The van der Waals surface area contributed by atoms with Gasteiger partial charge in [0, 0.05) is 33.4 Å². The number of benzene rings is 9. The van der Waals surface area contributed by atoms with Crippen molar-refractivity contribution in [1.82, 2.24) is 4.57 Å². The van der Waals surface area contributed by atoms with Gasteiger partial charge in [0.2, 0.25) is 0 Å². The predicted molar refractivity (Wildman–Crippen MR) is 221 cm³/mol. The second kappa shape index (κ2) is 12.5. The number of hydrogen-bond donors (Lipinski definition) is 0. The maximum absolute atomic E-state index is 2.39. The number of nitrogens with zero attached hydrogens (tertiary/aromatic N) is 2. The third-order valence-electron chi connectivity index (χ3n) is 10.4. The normalized spacial score (nSPS) is 11.5. The molecule has 9 aromatic carbocycles. The van der Waals surface area contributed by atoms with E-state index in [4.69, 9.17) is 0 Å². The molecule has 0 unspecified atom stereocenters.